The number of ether oxygens (including phenoxy) is 1. The van der Waals surface area contributed by atoms with Crippen molar-refractivity contribution in [3.05, 3.63) is 95.1 Å². The molecule has 1 amide bonds. The van der Waals surface area contributed by atoms with Gasteiger partial charge in [-0.05, 0) is 41.5 Å². The first-order valence-corrected chi connectivity index (χ1v) is 9.32. The number of anilines is 1. The van der Waals surface area contributed by atoms with Crippen LogP contribution in [0.4, 0.5) is 5.95 Å². The predicted octanol–water partition coefficient (Wildman–Crippen LogP) is 4.27. The van der Waals surface area contributed by atoms with E-state index in [0.717, 1.165) is 22.2 Å². The van der Waals surface area contributed by atoms with Crippen LogP contribution in [0.25, 0.3) is 11.0 Å². The Bertz CT molecular complexity index is 1200. The van der Waals surface area contributed by atoms with Crippen molar-refractivity contribution in [3.8, 4) is 0 Å². The topological polar surface area (TPSA) is 84.1 Å². The molecule has 1 aromatic heterocycles. The average Bonchev–Trinajstić information content (AvgIpc) is 3.16. The number of carbonyl (C=O) groups is 2. The quantitative estimate of drug-likeness (QED) is 0.518. The van der Waals surface area contributed by atoms with E-state index in [1.807, 2.05) is 54.6 Å². The summed E-state index contributed by atoms with van der Waals surface area (Å²) in [5, 5.41) is 2.79. The lowest BCUT2D eigenvalue weighted by atomic mass is 9.93. The third kappa shape index (κ3) is 3.25. The number of cyclic esters (lactones) is 1. The average molecular weight is 383 g/mol. The van der Waals surface area contributed by atoms with Crippen molar-refractivity contribution in [2.75, 3.05) is 5.32 Å². The van der Waals surface area contributed by atoms with Crippen molar-refractivity contribution in [2.45, 2.75) is 12.5 Å². The molecular formula is C23H17N3O3. The number of esters is 1. The summed E-state index contributed by atoms with van der Waals surface area (Å²) < 4.78 is 5.57. The van der Waals surface area contributed by atoms with Gasteiger partial charge >= 0.3 is 5.97 Å². The highest BCUT2D eigenvalue weighted by atomic mass is 16.5. The second kappa shape index (κ2) is 6.91. The van der Waals surface area contributed by atoms with Gasteiger partial charge in [0.15, 0.2) is 0 Å². The molecule has 6 nitrogen and oxygen atoms in total. The number of carbonyl (C=O) groups excluding carboxylic acids is 2. The normalized spacial score (nSPS) is 15.6. The summed E-state index contributed by atoms with van der Waals surface area (Å²) in [6.45, 7) is 0. The van der Waals surface area contributed by atoms with Gasteiger partial charge in [0.25, 0.3) is 5.91 Å². The predicted molar refractivity (Wildman–Crippen MR) is 109 cm³/mol. The van der Waals surface area contributed by atoms with Crippen molar-refractivity contribution in [1.82, 2.24) is 9.97 Å². The highest BCUT2D eigenvalue weighted by Crippen LogP contribution is 2.31. The number of imidazole rings is 1. The van der Waals surface area contributed by atoms with Gasteiger partial charge < -0.3 is 9.72 Å². The molecule has 2 N–H and O–H groups in total. The van der Waals surface area contributed by atoms with Crippen LogP contribution in [0.5, 0.6) is 0 Å². The van der Waals surface area contributed by atoms with E-state index in [0.29, 0.717) is 23.5 Å². The molecule has 3 aromatic carbocycles. The number of H-pyrrole nitrogens is 1. The molecule has 0 saturated carbocycles. The van der Waals surface area contributed by atoms with Gasteiger partial charge in [-0.1, -0.05) is 42.5 Å². The summed E-state index contributed by atoms with van der Waals surface area (Å²) in [5.41, 5.74) is 4.32. The maximum atomic E-state index is 12.7. The van der Waals surface area contributed by atoms with E-state index in [9.17, 15) is 9.59 Å². The fourth-order valence-electron chi connectivity index (χ4n) is 3.58. The summed E-state index contributed by atoms with van der Waals surface area (Å²) in [6.07, 6.45) is 0.168. The minimum atomic E-state index is -0.371. The van der Waals surface area contributed by atoms with Crippen molar-refractivity contribution >= 4 is 28.9 Å². The molecule has 5 rings (SSSR count). The maximum Gasteiger partial charge on any atom is 0.339 e. The largest absolute Gasteiger partial charge is 0.454 e. The molecule has 4 aromatic rings. The Morgan fingerprint density at radius 1 is 1.03 bits per heavy atom. The van der Waals surface area contributed by atoms with E-state index >= 15 is 0 Å². The van der Waals surface area contributed by atoms with Crippen LogP contribution in [0, 0.1) is 0 Å². The molecule has 1 aliphatic heterocycles. The molecule has 2 heterocycles. The van der Waals surface area contributed by atoms with E-state index in [1.54, 1.807) is 18.2 Å². The number of amides is 1. The van der Waals surface area contributed by atoms with Gasteiger partial charge in [0.05, 0.1) is 16.6 Å². The molecular weight excluding hydrogens is 366 g/mol. The molecule has 29 heavy (non-hydrogen) atoms. The Labute approximate surface area is 166 Å². The highest BCUT2D eigenvalue weighted by Gasteiger charge is 2.28. The first kappa shape index (κ1) is 17.2. The Balaban J connectivity index is 1.41. The number of hydrogen-bond donors (Lipinski definition) is 2. The number of benzene rings is 3. The van der Waals surface area contributed by atoms with Crippen molar-refractivity contribution in [1.29, 1.82) is 0 Å². The van der Waals surface area contributed by atoms with Gasteiger partial charge in [-0.2, -0.15) is 0 Å². The highest BCUT2D eigenvalue weighted by molar-refractivity contribution is 6.05. The second-order valence-corrected chi connectivity index (χ2v) is 6.94. The summed E-state index contributed by atoms with van der Waals surface area (Å²) in [4.78, 5) is 32.6. The Hall–Kier alpha value is -3.93. The third-order valence-electron chi connectivity index (χ3n) is 5.03. The molecule has 0 unspecified atom stereocenters. The van der Waals surface area contributed by atoms with Crippen LogP contribution in [0.3, 0.4) is 0 Å². The molecule has 1 aliphatic rings. The van der Waals surface area contributed by atoms with Crippen LogP contribution < -0.4 is 5.32 Å². The van der Waals surface area contributed by atoms with Gasteiger partial charge in [-0.25, -0.2) is 9.78 Å². The van der Waals surface area contributed by atoms with Gasteiger partial charge in [-0.15, -0.1) is 0 Å². The van der Waals surface area contributed by atoms with Crippen LogP contribution in [-0.4, -0.2) is 21.8 Å². The van der Waals surface area contributed by atoms with Crippen LogP contribution in [0.1, 0.15) is 37.9 Å². The minimum Gasteiger partial charge on any atom is -0.454 e. The molecule has 0 saturated heterocycles. The zero-order valence-corrected chi connectivity index (χ0v) is 15.4. The van der Waals surface area contributed by atoms with Crippen molar-refractivity contribution in [3.63, 3.8) is 0 Å². The minimum absolute atomic E-state index is 0.290. The lowest BCUT2D eigenvalue weighted by Gasteiger charge is -2.25. The zero-order valence-electron chi connectivity index (χ0n) is 15.4. The van der Waals surface area contributed by atoms with E-state index in [4.69, 9.17) is 4.74 Å². The zero-order chi connectivity index (χ0) is 19.8. The summed E-state index contributed by atoms with van der Waals surface area (Å²) in [6, 6.07) is 22.2. The van der Waals surface area contributed by atoms with Gasteiger partial charge in [0.1, 0.15) is 6.10 Å². The Morgan fingerprint density at radius 3 is 2.66 bits per heavy atom. The number of fused-ring (bicyclic) bond motifs is 2. The number of nitrogens with one attached hydrogen (secondary N) is 2. The number of aromatic nitrogens is 2. The monoisotopic (exact) mass is 383 g/mol. The summed E-state index contributed by atoms with van der Waals surface area (Å²) in [5.74, 6) is -0.276. The summed E-state index contributed by atoms with van der Waals surface area (Å²) >= 11 is 0. The molecule has 0 bridgehead atoms. The number of aromatic amines is 1. The van der Waals surface area contributed by atoms with E-state index in [-0.39, 0.29) is 18.0 Å². The molecule has 0 spiro atoms. The standard InChI is InChI=1S/C23H17N3O3/c27-21(26-23-24-18-8-4-5-9-19(18)25-23)15-10-11-17-16(12-15)13-20(29-22(17)28)14-6-2-1-3-7-14/h1-12,20H,13H2,(H2,24,25,26,27)/t20-/m0/s1. The Kier molecular flexibility index (Phi) is 4.09. The number of nitrogens with zero attached hydrogens (tertiary/aromatic N) is 1. The Morgan fingerprint density at radius 2 is 1.83 bits per heavy atom. The fraction of sp³-hybridized carbons (Fsp3) is 0.0870. The second-order valence-electron chi connectivity index (χ2n) is 6.94. The molecule has 0 aliphatic carbocycles. The van der Waals surface area contributed by atoms with Gasteiger partial charge in [0.2, 0.25) is 5.95 Å². The van der Waals surface area contributed by atoms with Gasteiger partial charge in [-0.3, -0.25) is 10.1 Å². The van der Waals surface area contributed by atoms with Crippen molar-refractivity contribution < 1.29 is 14.3 Å². The molecule has 142 valence electrons. The fourth-order valence-corrected chi connectivity index (χ4v) is 3.58. The molecule has 0 fully saturated rings. The SMILES string of the molecule is O=C(Nc1nc2ccccc2[nH]1)c1ccc2c(c1)C[C@@H](c1ccccc1)OC2=O. The smallest absolute Gasteiger partial charge is 0.339 e. The number of hydrogen-bond acceptors (Lipinski definition) is 4. The van der Waals surface area contributed by atoms with Crippen LogP contribution in [0.2, 0.25) is 0 Å². The van der Waals surface area contributed by atoms with Crippen LogP contribution in [-0.2, 0) is 11.2 Å². The first-order chi connectivity index (χ1) is 14.2. The molecule has 0 radical (unpaired) electrons. The van der Waals surface area contributed by atoms with Crippen molar-refractivity contribution in [2.24, 2.45) is 0 Å². The first-order valence-electron chi connectivity index (χ1n) is 9.32. The van der Waals surface area contributed by atoms with E-state index in [1.165, 1.54) is 0 Å². The van der Waals surface area contributed by atoms with Crippen LogP contribution in [0.15, 0.2) is 72.8 Å². The van der Waals surface area contributed by atoms with E-state index < -0.39 is 0 Å². The lowest BCUT2D eigenvalue weighted by Crippen LogP contribution is -2.23. The van der Waals surface area contributed by atoms with Gasteiger partial charge in [0, 0.05) is 12.0 Å². The molecule has 6 heteroatoms. The number of rotatable bonds is 3. The number of para-hydroxylation sites is 2. The summed E-state index contributed by atoms with van der Waals surface area (Å²) in [7, 11) is 0. The lowest BCUT2D eigenvalue weighted by molar-refractivity contribution is 0.0252. The maximum absolute atomic E-state index is 12.7. The molecule has 1 atom stereocenters. The third-order valence-corrected chi connectivity index (χ3v) is 5.03. The van der Waals surface area contributed by atoms with E-state index in [2.05, 4.69) is 15.3 Å². The van der Waals surface area contributed by atoms with Crippen LogP contribution >= 0.6 is 0 Å².